The minimum atomic E-state index is -0.680. The molecule has 0 bridgehead atoms. The largest absolute Gasteiger partial charge is 0.368 e. The van der Waals surface area contributed by atoms with Crippen LogP contribution < -0.4 is 11.3 Å². The Kier molecular flexibility index (Phi) is 4.52. The molecule has 2 heterocycles. The normalized spacial score (nSPS) is 19.0. The van der Waals surface area contributed by atoms with Gasteiger partial charge in [-0.3, -0.25) is 14.2 Å². The van der Waals surface area contributed by atoms with E-state index in [1.165, 1.54) is 9.44 Å². The molecule has 0 aromatic carbocycles. The predicted octanol–water partition coefficient (Wildman–Crippen LogP) is 3.22. The van der Waals surface area contributed by atoms with Crippen LogP contribution in [0.25, 0.3) is 10.2 Å². The second-order valence-corrected chi connectivity index (χ2v) is 9.21. The third-order valence-corrected chi connectivity index (χ3v) is 6.68. The van der Waals surface area contributed by atoms with Crippen LogP contribution >= 0.6 is 11.3 Å². The van der Waals surface area contributed by atoms with Gasteiger partial charge in [0.15, 0.2) is 0 Å². The van der Waals surface area contributed by atoms with E-state index in [0.29, 0.717) is 23.5 Å². The van der Waals surface area contributed by atoms with E-state index in [0.717, 1.165) is 29.7 Å². The number of hydrogen-bond donors (Lipinski definition) is 1. The zero-order chi connectivity index (χ0) is 18.5. The van der Waals surface area contributed by atoms with Crippen LogP contribution in [0, 0.1) is 11.3 Å². The molecule has 1 amide bonds. The smallest absolute Gasteiger partial charge is 0.263 e. The van der Waals surface area contributed by atoms with Crippen molar-refractivity contribution in [1.82, 2.24) is 9.55 Å². The van der Waals surface area contributed by atoms with Crippen LogP contribution in [0.15, 0.2) is 4.79 Å². The van der Waals surface area contributed by atoms with Crippen LogP contribution in [0.3, 0.4) is 0 Å². The summed E-state index contributed by atoms with van der Waals surface area (Å²) in [5, 5.41) is 0.706. The first kappa shape index (κ1) is 18.1. The summed E-state index contributed by atoms with van der Waals surface area (Å²) in [5.41, 5.74) is 6.75. The zero-order valence-electron chi connectivity index (χ0n) is 15.7. The highest BCUT2D eigenvalue weighted by Gasteiger charge is 2.32. The average Bonchev–Trinajstić information content (AvgIpc) is 2.90. The molecule has 5 nitrogen and oxygen atoms in total. The Bertz CT molecular complexity index is 889. The van der Waals surface area contributed by atoms with E-state index in [4.69, 9.17) is 10.7 Å². The lowest BCUT2D eigenvalue weighted by atomic mass is 9.72. The summed E-state index contributed by atoms with van der Waals surface area (Å²) in [5.74, 6) is 0.745. The molecule has 3 rings (SSSR count). The number of thiophene rings is 1. The molecule has 6 heteroatoms. The van der Waals surface area contributed by atoms with E-state index in [1.807, 2.05) is 6.92 Å². The average molecular weight is 362 g/mol. The monoisotopic (exact) mass is 361 g/mol. The minimum absolute atomic E-state index is 0.111. The lowest BCUT2D eigenvalue weighted by molar-refractivity contribution is -0.120. The first-order chi connectivity index (χ1) is 11.6. The molecule has 0 saturated heterocycles. The van der Waals surface area contributed by atoms with Crippen molar-refractivity contribution in [1.29, 1.82) is 0 Å². The van der Waals surface area contributed by atoms with E-state index in [1.54, 1.807) is 18.3 Å². The van der Waals surface area contributed by atoms with Crippen molar-refractivity contribution in [2.75, 3.05) is 0 Å². The molecule has 0 radical (unpaired) electrons. The third-order valence-electron chi connectivity index (χ3n) is 5.53. The van der Waals surface area contributed by atoms with Gasteiger partial charge < -0.3 is 5.73 Å². The number of fused-ring (bicyclic) bond motifs is 3. The Hall–Kier alpha value is -1.69. The summed E-state index contributed by atoms with van der Waals surface area (Å²) in [6.45, 7) is 10.5. The molecule has 2 aromatic heterocycles. The maximum absolute atomic E-state index is 13.2. The van der Waals surface area contributed by atoms with Crippen LogP contribution in [0.1, 0.15) is 63.3 Å². The number of carbonyl (C=O) groups is 1. The van der Waals surface area contributed by atoms with Crippen LogP contribution in [-0.4, -0.2) is 15.5 Å². The molecule has 25 heavy (non-hydrogen) atoms. The van der Waals surface area contributed by atoms with Gasteiger partial charge in [0.25, 0.3) is 5.56 Å². The molecular weight excluding hydrogens is 334 g/mol. The molecule has 0 spiro atoms. The molecule has 2 N–H and O–H groups in total. The SMILES string of the molecule is CCc1nc2sc3c(c2c(=O)n1C(C)C(N)=O)CCC(C(C)(C)C)C3. The molecule has 2 unspecified atom stereocenters. The molecule has 0 fully saturated rings. The highest BCUT2D eigenvalue weighted by atomic mass is 32.1. The molecular formula is C19H27N3O2S. The van der Waals surface area contributed by atoms with Crippen molar-refractivity contribution >= 4 is 27.5 Å². The summed E-state index contributed by atoms with van der Waals surface area (Å²) in [7, 11) is 0. The van der Waals surface area contributed by atoms with E-state index in [-0.39, 0.29) is 11.0 Å². The van der Waals surface area contributed by atoms with Crippen LogP contribution in [0.5, 0.6) is 0 Å². The van der Waals surface area contributed by atoms with Gasteiger partial charge >= 0.3 is 0 Å². The second kappa shape index (κ2) is 6.24. The van der Waals surface area contributed by atoms with E-state index in [9.17, 15) is 9.59 Å². The van der Waals surface area contributed by atoms with Gasteiger partial charge in [-0.2, -0.15) is 0 Å². The Morgan fingerprint density at radius 1 is 1.44 bits per heavy atom. The number of carbonyl (C=O) groups excluding carboxylic acids is 1. The van der Waals surface area contributed by atoms with Crippen molar-refractivity contribution in [3.8, 4) is 0 Å². The lowest BCUT2D eigenvalue weighted by Crippen LogP contribution is -2.35. The van der Waals surface area contributed by atoms with Crippen molar-refractivity contribution < 1.29 is 4.79 Å². The fourth-order valence-electron chi connectivity index (χ4n) is 3.79. The summed E-state index contributed by atoms with van der Waals surface area (Å²) < 4.78 is 1.49. The number of nitrogens with zero attached hydrogens (tertiary/aromatic N) is 2. The van der Waals surface area contributed by atoms with Gasteiger partial charge in [0, 0.05) is 11.3 Å². The lowest BCUT2D eigenvalue weighted by Gasteiger charge is -2.33. The van der Waals surface area contributed by atoms with E-state index >= 15 is 0 Å². The summed E-state index contributed by atoms with van der Waals surface area (Å²) in [6, 6.07) is -0.680. The number of primary amides is 1. The van der Waals surface area contributed by atoms with Crippen LogP contribution in [-0.2, 0) is 24.1 Å². The maximum atomic E-state index is 13.2. The molecule has 1 aliphatic carbocycles. The van der Waals surface area contributed by atoms with E-state index in [2.05, 4.69) is 20.8 Å². The van der Waals surface area contributed by atoms with Gasteiger partial charge in [0.05, 0.1) is 5.39 Å². The van der Waals surface area contributed by atoms with Gasteiger partial charge in [-0.15, -0.1) is 11.3 Å². The molecule has 0 aliphatic heterocycles. The summed E-state index contributed by atoms with van der Waals surface area (Å²) >= 11 is 1.65. The van der Waals surface area contributed by atoms with E-state index < -0.39 is 11.9 Å². The number of nitrogens with two attached hydrogens (primary N) is 1. The fraction of sp³-hybridized carbons (Fsp3) is 0.632. The van der Waals surface area contributed by atoms with Gasteiger partial charge in [0.1, 0.15) is 16.7 Å². The molecule has 1 aliphatic rings. The fourth-order valence-corrected chi connectivity index (χ4v) is 5.10. The van der Waals surface area contributed by atoms with Crippen molar-refractivity contribution in [3.05, 3.63) is 26.6 Å². The number of aromatic nitrogens is 2. The Labute approximate surface area is 152 Å². The van der Waals surface area contributed by atoms with Crippen molar-refractivity contribution in [3.63, 3.8) is 0 Å². The van der Waals surface area contributed by atoms with Crippen molar-refractivity contribution in [2.24, 2.45) is 17.1 Å². The molecule has 2 aromatic rings. The quantitative estimate of drug-likeness (QED) is 0.912. The van der Waals surface area contributed by atoms with Crippen LogP contribution in [0.4, 0.5) is 0 Å². The second-order valence-electron chi connectivity index (χ2n) is 8.12. The topological polar surface area (TPSA) is 78.0 Å². The standard InChI is InChI=1S/C19H27N3O2S/c1-6-14-21-17-15(18(24)22(14)10(2)16(20)23)12-8-7-11(19(3,4)5)9-13(12)25-17/h10-11H,6-9H2,1-5H3,(H2,20,23). The molecule has 0 saturated carbocycles. The number of hydrogen-bond acceptors (Lipinski definition) is 4. The number of rotatable bonds is 3. The zero-order valence-corrected chi connectivity index (χ0v) is 16.5. The van der Waals surface area contributed by atoms with Gasteiger partial charge in [-0.05, 0) is 43.1 Å². The highest BCUT2D eigenvalue weighted by Crippen LogP contribution is 2.42. The first-order valence-corrected chi connectivity index (χ1v) is 9.81. The Morgan fingerprint density at radius 2 is 2.12 bits per heavy atom. The number of amides is 1. The molecule has 2 atom stereocenters. The summed E-state index contributed by atoms with van der Waals surface area (Å²) in [6.07, 6.45) is 3.59. The summed E-state index contributed by atoms with van der Waals surface area (Å²) in [4.78, 5) is 31.7. The minimum Gasteiger partial charge on any atom is -0.368 e. The molecule has 136 valence electrons. The maximum Gasteiger partial charge on any atom is 0.263 e. The van der Waals surface area contributed by atoms with Crippen LogP contribution in [0.2, 0.25) is 0 Å². The predicted molar refractivity (Wildman–Crippen MR) is 102 cm³/mol. The van der Waals surface area contributed by atoms with Gasteiger partial charge in [0.2, 0.25) is 5.91 Å². The third kappa shape index (κ3) is 3.01. The van der Waals surface area contributed by atoms with Gasteiger partial charge in [-0.25, -0.2) is 4.98 Å². The number of aryl methyl sites for hydroxylation is 2. The van der Waals surface area contributed by atoms with Gasteiger partial charge in [-0.1, -0.05) is 27.7 Å². The highest BCUT2D eigenvalue weighted by molar-refractivity contribution is 7.18. The Morgan fingerprint density at radius 3 is 2.68 bits per heavy atom. The Balaban J connectivity index is 2.20. The first-order valence-electron chi connectivity index (χ1n) is 9.00. The van der Waals surface area contributed by atoms with Crippen molar-refractivity contribution in [2.45, 2.75) is 66.3 Å².